The summed E-state index contributed by atoms with van der Waals surface area (Å²) in [5.41, 5.74) is 9.25. The smallest absolute Gasteiger partial charge is 0.253 e. The second-order valence-electron chi connectivity index (χ2n) is 7.02. The number of amides is 2. The first-order chi connectivity index (χ1) is 12.5. The van der Waals surface area contributed by atoms with Crippen molar-refractivity contribution in [3.8, 4) is 11.1 Å². The largest absolute Gasteiger partial charge is 0.378 e. The molecule has 0 radical (unpaired) electrons. The lowest BCUT2D eigenvalue weighted by Crippen LogP contribution is -2.44. The van der Waals surface area contributed by atoms with Crippen molar-refractivity contribution in [2.45, 2.75) is 12.8 Å². The molecule has 2 aromatic carbocycles. The summed E-state index contributed by atoms with van der Waals surface area (Å²) in [6, 6.07) is 15.9. The van der Waals surface area contributed by atoms with E-state index in [-0.39, 0.29) is 17.7 Å². The zero-order valence-electron chi connectivity index (χ0n) is 15.3. The van der Waals surface area contributed by atoms with Gasteiger partial charge in [-0.3, -0.25) is 9.59 Å². The Bertz CT molecular complexity index is 816. The maximum Gasteiger partial charge on any atom is 0.253 e. The van der Waals surface area contributed by atoms with Crippen molar-refractivity contribution in [2.24, 2.45) is 11.7 Å². The molecule has 1 atom stereocenters. The summed E-state index contributed by atoms with van der Waals surface area (Å²) in [6.45, 7) is 1.08. The van der Waals surface area contributed by atoms with Crippen LogP contribution in [-0.2, 0) is 4.79 Å². The molecule has 1 saturated heterocycles. The van der Waals surface area contributed by atoms with Gasteiger partial charge in [0.2, 0.25) is 5.91 Å². The number of carbonyl (C=O) groups excluding carboxylic acids is 2. The van der Waals surface area contributed by atoms with Crippen LogP contribution in [0.1, 0.15) is 23.2 Å². The van der Waals surface area contributed by atoms with Gasteiger partial charge in [-0.25, -0.2) is 0 Å². The summed E-state index contributed by atoms with van der Waals surface area (Å²) in [7, 11) is 4.01. The predicted octanol–water partition coefficient (Wildman–Crippen LogP) is 2.76. The second-order valence-corrected chi connectivity index (χ2v) is 7.02. The fourth-order valence-corrected chi connectivity index (χ4v) is 3.37. The third-order valence-corrected chi connectivity index (χ3v) is 4.92. The number of likely N-dealkylation sites (tertiary alicyclic amines) is 1. The van der Waals surface area contributed by atoms with Crippen LogP contribution in [0.2, 0.25) is 0 Å². The Morgan fingerprint density at radius 1 is 1.08 bits per heavy atom. The van der Waals surface area contributed by atoms with Crippen molar-refractivity contribution in [2.75, 3.05) is 32.1 Å². The number of nitrogens with zero attached hydrogens (tertiary/aromatic N) is 2. The fraction of sp³-hybridized carbons (Fsp3) is 0.333. The van der Waals surface area contributed by atoms with Crippen LogP contribution < -0.4 is 10.6 Å². The van der Waals surface area contributed by atoms with Crippen LogP contribution in [0, 0.1) is 5.92 Å². The van der Waals surface area contributed by atoms with Crippen molar-refractivity contribution >= 4 is 17.5 Å². The molecule has 1 fully saturated rings. The number of carbonyl (C=O) groups is 2. The SMILES string of the molecule is CN(C)c1cccc(-c2cccc(C(=O)N3CCCC(C(N)=O)C3)c2)c1. The van der Waals surface area contributed by atoms with Gasteiger partial charge in [0.15, 0.2) is 0 Å². The van der Waals surface area contributed by atoms with Gasteiger partial charge in [0, 0.05) is 38.4 Å². The summed E-state index contributed by atoms with van der Waals surface area (Å²) < 4.78 is 0. The minimum Gasteiger partial charge on any atom is -0.378 e. The molecule has 1 heterocycles. The third kappa shape index (κ3) is 3.87. The van der Waals surface area contributed by atoms with Crippen LogP contribution in [0.15, 0.2) is 48.5 Å². The van der Waals surface area contributed by atoms with Crippen LogP contribution in [0.5, 0.6) is 0 Å². The molecule has 5 nitrogen and oxygen atoms in total. The highest BCUT2D eigenvalue weighted by Crippen LogP contribution is 2.26. The van der Waals surface area contributed by atoms with E-state index in [1.807, 2.05) is 50.5 Å². The van der Waals surface area contributed by atoms with E-state index in [2.05, 4.69) is 17.0 Å². The lowest BCUT2D eigenvalue weighted by atomic mass is 9.96. The fourth-order valence-electron chi connectivity index (χ4n) is 3.37. The molecule has 0 aliphatic carbocycles. The Labute approximate surface area is 154 Å². The van der Waals surface area contributed by atoms with Gasteiger partial charge in [-0.1, -0.05) is 24.3 Å². The van der Waals surface area contributed by atoms with Crippen molar-refractivity contribution in [3.63, 3.8) is 0 Å². The molecule has 0 spiro atoms. The van der Waals surface area contributed by atoms with E-state index in [1.54, 1.807) is 4.90 Å². The van der Waals surface area contributed by atoms with Gasteiger partial charge < -0.3 is 15.5 Å². The summed E-state index contributed by atoms with van der Waals surface area (Å²) in [5.74, 6) is -0.606. The van der Waals surface area contributed by atoms with E-state index >= 15 is 0 Å². The lowest BCUT2D eigenvalue weighted by Gasteiger charge is -2.31. The first-order valence-corrected chi connectivity index (χ1v) is 8.92. The van der Waals surface area contributed by atoms with Crippen molar-refractivity contribution in [1.82, 2.24) is 4.90 Å². The maximum absolute atomic E-state index is 12.9. The predicted molar refractivity (Wildman–Crippen MR) is 104 cm³/mol. The number of hydrogen-bond acceptors (Lipinski definition) is 3. The van der Waals surface area contributed by atoms with E-state index in [4.69, 9.17) is 5.73 Å². The quantitative estimate of drug-likeness (QED) is 0.921. The van der Waals surface area contributed by atoms with Crippen molar-refractivity contribution < 1.29 is 9.59 Å². The summed E-state index contributed by atoms with van der Waals surface area (Å²) in [5, 5.41) is 0. The van der Waals surface area contributed by atoms with Gasteiger partial charge in [0.25, 0.3) is 5.91 Å². The molecule has 2 aromatic rings. The van der Waals surface area contributed by atoms with Crippen LogP contribution in [0.4, 0.5) is 5.69 Å². The molecule has 1 unspecified atom stereocenters. The maximum atomic E-state index is 12.9. The molecule has 0 bridgehead atoms. The van der Waals surface area contributed by atoms with Crippen LogP contribution in [0.25, 0.3) is 11.1 Å². The highest BCUT2D eigenvalue weighted by Gasteiger charge is 2.27. The number of nitrogens with two attached hydrogens (primary N) is 1. The van der Waals surface area contributed by atoms with Gasteiger partial charge in [-0.05, 0) is 48.2 Å². The molecular weight excluding hydrogens is 326 g/mol. The molecule has 2 amide bonds. The number of hydrogen-bond donors (Lipinski definition) is 1. The topological polar surface area (TPSA) is 66.6 Å². The normalized spacial score (nSPS) is 17.0. The first-order valence-electron chi connectivity index (χ1n) is 8.92. The average Bonchev–Trinajstić information content (AvgIpc) is 2.67. The Morgan fingerprint density at radius 2 is 1.77 bits per heavy atom. The van der Waals surface area contributed by atoms with E-state index in [0.717, 1.165) is 29.7 Å². The molecule has 2 N–H and O–H groups in total. The lowest BCUT2D eigenvalue weighted by molar-refractivity contribution is -0.123. The van der Waals surface area contributed by atoms with Gasteiger partial charge in [-0.15, -0.1) is 0 Å². The van der Waals surface area contributed by atoms with E-state index < -0.39 is 0 Å². The van der Waals surface area contributed by atoms with Crippen LogP contribution in [-0.4, -0.2) is 43.9 Å². The monoisotopic (exact) mass is 351 g/mol. The number of piperidine rings is 1. The second kappa shape index (κ2) is 7.60. The molecule has 5 heteroatoms. The summed E-state index contributed by atoms with van der Waals surface area (Å²) >= 11 is 0. The summed E-state index contributed by atoms with van der Waals surface area (Å²) in [4.78, 5) is 28.2. The Hall–Kier alpha value is -2.82. The van der Waals surface area contributed by atoms with Crippen molar-refractivity contribution in [1.29, 1.82) is 0 Å². The van der Waals surface area contributed by atoms with Gasteiger partial charge in [-0.2, -0.15) is 0 Å². The number of anilines is 1. The molecule has 1 aliphatic heterocycles. The minimum atomic E-state index is -0.322. The molecule has 1 aliphatic rings. The molecule has 3 rings (SSSR count). The van der Waals surface area contributed by atoms with Gasteiger partial charge >= 0.3 is 0 Å². The molecule has 136 valence electrons. The average molecular weight is 351 g/mol. The zero-order valence-corrected chi connectivity index (χ0v) is 15.3. The first kappa shape index (κ1) is 18.0. The van der Waals surface area contributed by atoms with E-state index in [9.17, 15) is 9.59 Å². The van der Waals surface area contributed by atoms with Crippen LogP contribution in [0.3, 0.4) is 0 Å². The van der Waals surface area contributed by atoms with Gasteiger partial charge in [0.05, 0.1) is 5.92 Å². The Balaban J connectivity index is 1.84. The molecule has 0 aromatic heterocycles. The summed E-state index contributed by atoms with van der Waals surface area (Å²) in [6.07, 6.45) is 1.57. The molecule has 0 saturated carbocycles. The Morgan fingerprint density at radius 3 is 2.46 bits per heavy atom. The third-order valence-electron chi connectivity index (χ3n) is 4.92. The number of primary amides is 1. The number of rotatable bonds is 4. The van der Waals surface area contributed by atoms with Crippen molar-refractivity contribution in [3.05, 3.63) is 54.1 Å². The van der Waals surface area contributed by atoms with Gasteiger partial charge in [0.1, 0.15) is 0 Å². The van der Waals surface area contributed by atoms with E-state index in [0.29, 0.717) is 18.7 Å². The minimum absolute atomic E-state index is 0.0402. The van der Waals surface area contributed by atoms with E-state index in [1.165, 1.54) is 0 Å². The molecule has 26 heavy (non-hydrogen) atoms. The van der Waals surface area contributed by atoms with Crippen LogP contribution >= 0.6 is 0 Å². The molecular formula is C21H25N3O2. The highest BCUT2D eigenvalue weighted by atomic mass is 16.2. The highest BCUT2D eigenvalue weighted by molar-refractivity contribution is 5.96. The zero-order chi connectivity index (χ0) is 18.7. The standard InChI is InChI=1S/C21H25N3O2/c1-23(2)19-10-4-7-16(13-19)15-6-3-8-17(12-15)21(26)24-11-5-9-18(14-24)20(22)25/h3-4,6-8,10,12-13,18H,5,9,11,14H2,1-2H3,(H2,22,25). The number of benzene rings is 2. The Kier molecular flexibility index (Phi) is 5.26.